The Morgan fingerprint density at radius 3 is 2.52 bits per heavy atom. The van der Waals surface area contributed by atoms with Gasteiger partial charge in [0.2, 0.25) is 0 Å². The fraction of sp³-hybridized carbons (Fsp3) is 0.600. The zero-order valence-electron chi connectivity index (χ0n) is 12.4. The van der Waals surface area contributed by atoms with E-state index in [2.05, 4.69) is 15.3 Å². The molecule has 1 fully saturated rings. The zero-order valence-corrected chi connectivity index (χ0v) is 12.4. The van der Waals surface area contributed by atoms with E-state index >= 15 is 0 Å². The molecule has 1 amide bonds. The lowest BCUT2D eigenvalue weighted by Crippen LogP contribution is -2.39. The van der Waals surface area contributed by atoms with E-state index in [0.29, 0.717) is 31.2 Å². The minimum absolute atomic E-state index is 0.0355. The maximum absolute atomic E-state index is 12.3. The molecule has 0 spiro atoms. The number of nitrogens with zero attached hydrogens (tertiary/aromatic N) is 2. The predicted octanol–water partition coefficient (Wildman–Crippen LogP) is 1.97. The maximum atomic E-state index is 12.3. The van der Waals surface area contributed by atoms with Gasteiger partial charge >= 0.3 is 5.97 Å². The second-order valence-electron chi connectivity index (χ2n) is 5.84. The zero-order chi connectivity index (χ0) is 15.4. The second kappa shape index (κ2) is 6.65. The van der Waals surface area contributed by atoms with E-state index in [1.54, 1.807) is 6.20 Å². The molecule has 0 bridgehead atoms. The Hall–Kier alpha value is -1.98. The number of carboxylic acid groups (broad SMARTS) is 1. The largest absolute Gasteiger partial charge is 0.481 e. The van der Waals surface area contributed by atoms with Crippen molar-refractivity contribution in [3.8, 4) is 0 Å². The van der Waals surface area contributed by atoms with Gasteiger partial charge in [-0.3, -0.25) is 9.59 Å². The van der Waals surface area contributed by atoms with Crippen LogP contribution in [0.4, 0.5) is 0 Å². The van der Waals surface area contributed by atoms with Gasteiger partial charge in [0.1, 0.15) is 6.33 Å². The predicted molar refractivity (Wildman–Crippen MR) is 77.0 cm³/mol. The quantitative estimate of drug-likeness (QED) is 0.884. The van der Waals surface area contributed by atoms with Gasteiger partial charge in [0.15, 0.2) is 0 Å². The Kier molecular flexibility index (Phi) is 4.88. The molecule has 2 N–H and O–H groups in total. The molecule has 21 heavy (non-hydrogen) atoms. The number of amides is 1. The molecule has 1 saturated carbocycles. The molecule has 1 aromatic rings. The van der Waals surface area contributed by atoms with E-state index in [4.69, 9.17) is 5.11 Å². The number of carboxylic acids is 1. The smallest absolute Gasteiger partial charge is 0.306 e. The number of hydrogen-bond donors (Lipinski definition) is 2. The number of aromatic nitrogens is 2. The van der Waals surface area contributed by atoms with Crippen LogP contribution in [0.2, 0.25) is 0 Å². The highest BCUT2D eigenvalue weighted by Crippen LogP contribution is 2.25. The average molecular weight is 291 g/mol. The Balaban J connectivity index is 1.98. The van der Waals surface area contributed by atoms with Crippen LogP contribution in [0.5, 0.6) is 0 Å². The Morgan fingerprint density at radius 2 is 1.95 bits per heavy atom. The monoisotopic (exact) mass is 291 g/mol. The van der Waals surface area contributed by atoms with Crippen molar-refractivity contribution in [1.82, 2.24) is 15.3 Å². The number of hydrogen-bond acceptors (Lipinski definition) is 4. The third-order valence-corrected chi connectivity index (χ3v) is 3.95. The van der Waals surface area contributed by atoms with Crippen molar-refractivity contribution in [3.05, 3.63) is 23.8 Å². The van der Waals surface area contributed by atoms with Crippen molar-refractivity contribution in [2.24, 2.45) is 5.92 Å². The summed E-state index contributed by atoms with van der Waals surface area (Å²) in [6, 6.07) is 0.0355. The van der Waals surface area contributed by atoms with E-state index in [-0.39, 0.29) is 23.8 Å². The van der Waals surface area contributed by atoms with Crippen molar-refractivity contribution in [2.75, 3.05) is 0 Å². The standard InChI is InChI=1S/C15H21N3O3/c1-9(2)13-12(7-16-8-17-13)14(19)18-11-5-3-10(4-6-11)15(20)21/h7-11H,3-6H2,1-2H3,(H,18,19)(H,20,21). The van der Waals surface area contributed by atoms with Gasteiger partial charge in [0.05, 0.1) is 17.2 Å². The first-order valence-corrected chi connectivity index (χ1v) is 7.32. The van der Waals surface area contributed by atoms with Gasteiger partial charge in [-0.1, -0.05) is 13.8 Å². The van der Waals surface area contributed by atoms with E-state index in [0.717, 1.165) is 5.69 Å². The lowest BCUT2D eigenvalue weighted by atomic mass is 9.86. The topological polar surface area (TPSA) is 92.2 Å². The summed E-state index contributed by atoms with van der Waals surface area (Å²) >= 11 is 0. The SMILES string of the molecule is CC(C)c1ncncc1C(=O)NC1CCC(C(=O)O)CC1. The molecule has 0 radical (unpaired) electrons. The van der Waals surface area contributed by atoms with Gasteiger partial charge in [-0.15, -0.1) is 0 Å². The molecule has 1 aliphatic rings. The fourth-order valence-corrected chi connectivity index (χ4v) is 2.72. The highest BCUT2D eigenvalue weighted by atomic mass is 16.4. The van der Waals surface area contributed by atoms with Crippen molar-refractivity contribution in [1.29, 1.82) is 0 Å². The number of carbonyl (C=O) groups is 2. The molecule has 1 aromatic heterocycles. The summed E-state index contributed by atoms with van der Waals surface area (Å²) in [7, 11) is 0. The molecular weight excluding hydrogens is 270 g/mol. The molecule has 2 rings (SSSR count). The summed E-state index contributed by atoms with van der Waals surface area (Å²) in [5, 5.41) is 12.0. The van der Waals surface area contributed by atoms with Crippen LogP contribution in [-0.4, -0.2) is 33.0 Å². The van der Waals surface area contributed by atoms with Crippen molar-refractivity contribution >= 4 is 11.9 Å². The molecule has 6 heteroatoms. The van der Waals surface area contributed by atoms with Gasteiger partial charge in [0.25, 0.3) is 5.91 Å². The maximum Gasteiger partial charge on any atom is 0.306 e. The average Bonchev–Trinajstić information content (AvgIpc) is 2.47. The number of carbonyl (C=O) groups excluding carboxylic acids is 1. The fourth-order valence-electron chi connectivity index (χ4n) is 2.72. The highest BCUT2D eigenvalue weighted by molar-refractivity contribution is 5.95. The van der Waals surface area contributed by atoms with Gasteiger partial charge in [-0.2, -0.15) is 0 Å². The van der Waals surface area contributed by atoms with Crippen LogP contribution in [0.25, 0.3) is 0 Å². The van der Waals surface area contributed by atoms with Crippen LogP contribution in [0, 0.1) is 5.92 Å². The van der Waals surface area contributed by atoms with E-state index < -0.39 is 5.97 Å². The summed E-state index contributed by atoms with van der Waals surface area (Å²) in [5.74, 6) is -1.03. The summed E-state index contributed by atoms with van der Waals surface area (Å²) in [6.07, 6.45) is 5.62. The van der Waals surface area contributed by atoms with Gasteiger partial charge in [-0.05, 0) is 31.6 Å². The second-order valence-corrected chi connectivity index (χ2v) is 5.84. The molecule has 0 aliphatic heterocycles. The third-order valence-electron chi connectivity index (χ3n) is 3.95. The Bertz CT molecular complexity index is 523. The first kappa shape index (κ1) is 15.4. The van der Waals surface area contributed by atoms with E-state index in [1.807, 2.05) is 13.8 Å². The molecule has 1 heterocycles. The van der Waals surface area contributed by atoms with Crippen LogP contribution in [-0.2, 0) is 4.79 Å². The van der Waals surface area contributed by atoms with E-state index in [1.165, 1.54) is 6.33 Å². The van der Waals surface area contributed by atoms with Gasteiger partial charge < -0.3 is 10.4 Å². The van der Waals surface area contributed by atoms with Gasteiger partial charge in [-0.25, -0.2) is 9.97 Å². The summed E-state index contributed by atoms with van der Waals surface area (Å²) < 4.78 is 0. The van der Waals surface area contributed by atoms with Crippen LogP contribution in [0.3, 0.4) is 0 Å². The number of nitrogens with one attached hydrogen (secondary N) is 1. The molecule has 0 unspecified atom stereocenters. The Labute approximate surface area is 124 Å². The van der Waals surface area contributed by atoms with E-state index in [9.17, 15) is 9.59 Å². The first-order valence-electron chi connectivity index (χ1n) is 7.32. The molecule has 1 aliphatic carbocycles. The summed E-state index contributed by atoms with van der Waals surface area (Å²) in [5.41, 5.74) is 1.24. The highest BCUT2D eigenvalue weighted by Gasteiger charge is 2.27. The van der Waals surface area contributed by atoms with Gasteiger partial charge in [0, 0.05) is 12.2 Å². The number of rotatable bonds is 4. The first-order chi connectivity index (χ1) is 9.99. The summed E-state index contributed by atoms with van der Waals surface area (Å²) in [6.45, 7) is 3.97. The van der Waals surface area contributed by atoms with Crippen LogP contribution in [0.1, 0.15) is 61.5 Å². The van der Waals surface area contributed by atoms with Crippen LogP contribution in [0.15, 0.2) is 12.5 Å². The lowest BCUT2D eigenvalue weighted by molar-refractivity contribution is -0.142. The summed E-state index contributed by atoms with van der Waals surface area (Å²) in [4.78, 5) is 31.4. The molecular formula is C15H21N3O3. The normalized spacial score (nSPS) is 22.0. The number of aliphatic carboxylic acids is 1. The molecule has 6 nitrogen and oxygen atoms in total. The molecule has 0 saturated heterocycles. The van der Waals surface area contributed by atoms with Crippen molar-refractivity contribution in [3.63, 3.8) is 0 Å². The molecule has 0 atom stereocenters. The minimum Gasteiger partial charge on any atom is -0.481 e. The van der Waals surface area contributed by atoms with Crippen LogP contribution >= 0.6 is 0 Å². The Morgan fingerprint density at radius 1 is 1.29 bits per heavy atom. The molecule has 114 valence electrons. The van der Waals surface area contributed by atoms with Crippen molar-refractivity contribution < 1.29 is 14.7 Å². The molecule has 0 aromatic carbocycles. The third kappa shape index (κ3) is 3.77. The lowest BCUT2D eigenvalue weighted by Gasteiger charge is -2.27. The van der Waals surface area contributed by atoms with Crippen molar-refractivity contribution in [2.45, 2.75) is 51.5 Å². The van der Waals surface area contributed by atoms with Crippen LogP contribution < -0.4 is 5.32 Å². The minimum atomic E-state index is -0.738.